The molecule has 2 aromatic carbocycles. The van der Waals surface area contributed by atoms with Crippen LogP contribution in [0, 0.1) is 5.82 Å². The Labute approximate surface area is 186 Å². The Bertz CT molecular complexity index is 1150. The molecule has 0 aliphatic carbocycles. The number of fused-ring (bicyclic) bond motifs is 1. The molecule has 0 spiro atoms. The molecule has 0 saturated carbocycles. The lowest BCUT2D eigenvalue weighted by atomic mass is 10.1. The number of rotatable bonds is 5. The molecule has 1 atom stereocenters. The SMILES string of the molecule is CC(=O)N1c2ccc(S(=O)(=O)N3CCOCC3)cc2C[C@@H]1C(=O)NCc1ccccc1F. The van der Waals surface area contributed by atoms with Crippen molar-refractivity contribution in [3.8, 4) is 0 Å². The number of nitrogens with zero attached hydrogens (tertiary/aromatic N) is 2. The van der Waals surface area contributed by atoms with Crippen LogP contribution in [0.15, 0.2) is 47.4 Å². The van der Waals surface area contributed by atoms with Crippen LogP contribution in [0.4, 0.5) is 10.1 Å². The second kappa shape index (κ2) is 8.97. The van der Waals surface area contributed by atoms with Gasteiger partial charge in [0.25, 0.3) is 0 Å². The molecule has 2 aliphatic heterocycles. The highest BCUT2D eigenvalue weighted by molar-refractivity contribution is 7.89. The number of nitrogens with one attached hydrogen (secondary N) is 1. The fourth-order valence-corrected chi connectivity index (χ4v) is 5.52. The summed E-state index contributed by atoms with van der Waals surface area (Å²) in [5, 5.41) is 2.68. The highest BCUT2D eigenvalue weighted by atomic mass is 32.2. The average Bonchev–Trinajstić information content (AvgIpc) is 3.18. The number of carbonyl (C=O) groups excluding carboxylic acids is 2. The lowest BCUT2D eigenvalue weighted by molar-refractivity contribution is -0.125. The number of benzene rings is 2. The zero-order chi connectivity index (χ0) is 22.9. The summed E-state index contributed by atoms with van der Waals surface area (Å²) in [7, 11) is -3.70. The van der Waals surface area contributed by atoms with E-state index in [9.17, 15) is 22.4 Å². The molecule has 2 amide bonds. The van der Waals surface area contributed by atoms with Gasteiger partial charge in [-0.2, -0.15) is 4.31 Å². The third-order valence-electron chi connectivity index (χ3n) is 5.70. The second-order valence-corrected chi connectivity index (χ2v) is 9.66. The van der Waals surface area contributed by atoms with Crippen LogP contribution in [0.5, 0.6) is 0 Å². The van der Waals surface area contributed by atoms with E-state index in [0.29, 0.717) is 30.0 Å². The Balaban J connectivity index is 1.55. The maximum Gasteiger partial charge on any atom is 0.243 e. The molecule has 4 rings (SSSR count). The summed E-state index contributed by atoms with van der Waals surface area (Å²) >= 11 is 0. The lowest BCUT2D eigenvalue weighted by Gasteiger charge is -2.26. The highest BCUT2D eigenvalue weighted by Crippen LogP contribution is 2.35. The summed E-state index contributed by atoms with van der Waals surface area (Å²) < 4.78 is 46.4. The van der Waals surface area contributed by atoms with Gasteiger partial charge in [0.1, 0.15) is 11.9 Å². The average molecular weight is 462 g/mol. The normalized spacial score (nSPS) is 18.9. The minimum Gasteiger partial charge on any atom is -0.379 e. The predicted molar refractivity (Wildman–Crippen MR) is 115 cm³/mol. The van der Waals surface area contributed by atoms with Crippen molar-refractivity contribution >= 4 is 27.5 Å². The number of sulfonamides is 1. The standard InChI is InChI=1S/C22H24FN3O5S/c1-15(27)26-20-7-6-18(32(29,30)25-8-10-31-11-9-25)12-17(20)13-21(26)22(28)24-14-16-4-2-3-5-19(16)23/h2-7,12,21H,8-11,13-14H2,1H3,(H,24,28)/t21-/m1/s1. The predicted octanol–water partition coefficient (Wildman–Crippen LogP) is 1.44. The molecular weight excluding hydrogens is 437 g/mol. The van der Waals surface area contributed by atoms with E-state index in [1.54, 1.807) is 24.3 Å². The van der Waals surface area contributed by atoms with Crippen molar-refractivity contribution < 1.29 is 27.1 Å². The topological polar surface area (TPSA) is 96.0 Å². The Morgan fingerprint density at radius 1 is 1.16 bits per heavy atom. The molecule has 8 nitrogen and oxygen atoms in total. The van der Waals surface area contributed by atoms with Crippen LogP contribution < -0.4 is 10.2 Å². The number of hydrogen-bond acceptors (Lipinski definition) is 5. The molecule has 32 heavy (non-hydrogen) atoms. The third-order valence-corrected chi connectivity index (χ3v) is 7.59. The van der Waals surface area contributed by atoms with Crippen LogP contribution in [-0.4, -0.2) is 56.9 Å². The monoisotopic (exact) mass is 461 g/mol. The molecule has 0 bridgehead atoms. The summed E-state index contributed by atoms with van der Waals surface area (Å²) in [6.07, 6.45) is 0.171. The summed E-state index contributed by atoms with van der Waals surface area (Å²) in [6, 6.07) is 9.84. The van der Waals surface area contributed by atoms with Gasteiger partial charge < -0.3 is 10.1 Å². The van der Waals surface area contributed by atoms with E-state index in [0.717, 1.165) is 0 Å². The van der Waals surface area contributed by atoms with Gasteiger partial charge in [0.2, 0.25) is 21.8 Å². The maximum absolute atomic E-state index is 13.9. The lowest BCUT2D eigenvalue weighted by Crippen LogP contribution is -2.47. The van der Waals surface area contributed by atoms with E-state index in [1.165, 1.54) is 34.3 Å². The molecular formula is C22H24FN3O5S. The molecule has 0 aromatic heterocycles. The molecule has 1 saturated heterocycles. The number of amides is 2. The van der Waals surface area contributed by atoms with E-state index in [-0.39, 0.29) is 36.9 Å². The van der Waals surface area contributed by atoms with Crippen molar-refractivity contribution in [3.05, 3.63) is 59.4 Å². The molecule has 0 unspecified atom stereocenters. The van der Waals surface area contributed by atoms with Crippen LogP contribution in [0.1, 0.15) is 18.1 Å². The molecule has 0 radical (unpaired) electrons. The quantitative estimate of drug-likeness (QED) is 0.727. The van der Waals surface area contributed by atoms with Crippen molar-refractivity contribution in [1.82, 2.24) is 9.62 Å². The first-order valence-corrected chi connectivity index (χ1v) is 11.7. The molecule has 2 aromatic rings. The van der Waals surface area contributed by atoms with Gasteiger partial charge >= 0.3 is 0 Å². The zero-order valence-corrected chi connectivity index (χ0v) is 18.4. The van der Waals surface area contributed by atoms with Crippen LogP contribution in [0.25, 0.3) is 0 Å². The molecule has 170 valence electrons. The summed E-state index contributed by atoms with van der Waals surface area (Å²) in [5.74, 6) is -1.19. The number of morpholine rings is 1. The zero-order valence-electron chi connectivity index (χ0n) is 17.6. The molecule has 1 fully saturated rings. The largest absolute Gasteiger partial charge is 0.379 e. The summed E-state index contributed by atoms with van der Waals surface area (Å²) in [6.45, 7) is 2.57. The summed E-state index contributed by atoms with van der Waals surface area (Å²) in [5.41, 5.74) is 1.44. The fraction of sp³-hybridized carbons (Fsp3) is 0.364. The van der Waals surface area contributed by atoms with Gasteiger partial charge in [0, 0.05) is 44.2 Å². The van der Waals surface area contributed by atoms with Crippen molar-refractivity contribution in [2.45, 2.75) is 30.8 Å². The number of hydrogen-bond donors (Lipinski definition) is 1. The maximum atomic E-state index is 13.9. The molecule has 10 heteroatoms. The van der Waals surface area contributed by atoms with E-state index in [4.69, 9.17) is 4.74 Å². The first-order chi connectivity index (χ1) is 15.3. The van der Waals surface area contributed by atoms with Gasteiger partial charge in [-0.1, -0.05) is 18.2 Å². The van der Waals surface area contributed by atoms with Crippen molar-refractivity contribution in [1.29, 1.82) is 0 Å². The van der Waals surface area contributed by atoms with E-state index >= 15 is 0 Å². The Hall–Kier alpha value is -2.82. The number of carbonyl (C=O) groups is 2. The van der Waals surface area contributed by atoms with Crippen LogP contribution >= 0.6 is 0 Å². The smallest absolute Gasteiger partial charge is 0.243 e. The van der Waals surface area contributed by atoms with Gasteiger partial charge in [-0.05, 0) is 29.8 Å². The van der Waals surface area contributed by atoms with Gasteiger partial charge in [-0.25, -0.2) is 12.8 Å². The Morgan fingerprint density at radius 3 is 2.56 bits per heavy atom. The minimum atomic E-state index is -3.70. The van der Waals surface area contributed by atoms with E-state index in [1.807, 2.05) is 0 Å². The second-order valence-electron chi connectivity index (χ2n) is 7.73. The summed E-state index contributed by atoms with van der Waals surface area (Å²) in [4.78, 5) is 26.7. The highest BCUT2D eigenvalue weighted by Gasteiger charge is 2.38. The van der Waals surface area contributed by atoms with Gasteiger partial charge in [0.15, 0.2) is 0 Å². The van der Waals surface area contributed by atoms with Gasteiger partial charge in [0.05, 0.1) is 18.1 Å². The van der Waals surface area contributed by atoms with Gasteiger partial charge in [-0.3, -0.25) is 14.5 Å². The Kier molecular flexibility index (Phi) is 6.27. The number of ether oxygens (including phenoxy) is 1. The minimum absolute atomic E-state index is 0.0131. The van der Waals surface area contributed by atoms with Crippen molar-refractivity contribution in [2.24, 2.45) is 0 Å². The van der Waals surface area contributed by atoms with Crippen molar-refractivity contribution in [2.75, 3.05) is 31.2 Å². The first-order valence-electron chi connectivity index (χ1n) is 10.3. The van der Waals surface area contributed by atoms with Crippen LogP contribution in [0.3, 0.4) is 0 Å². The van der Waals surface area contributed by atoms with Crippen LogP contribution in [0.2, 0.25) is 0 Å². The fourth-order valence-electron chi connectivity index (χ4n) is 4.07. The Morgan fingerprint density at radius 2 is 1.88 bits per heavy atom. The molecule has 2 heterocycles. The number of anilines is 1. The first kappa shape index (κ1) is 22.4. The number of halogens is 1. The van der Waals surface area contributed by atoms with E-state index < -0.39 is 27.8 Å². The van der Waals surface area contributed by atoms with E-state index in [2.05, 4.69) is 5.32 Å². The molecule has 2 aliphatic rings. The molecule has 1 N–H and O–H groups in total. The van der Waals surface area contributed by atoms with Gasteiger partial charge in [-0.15, -0.1) is 0 Å². The van der Waals surface area contributed by atoms with Crippen LogP contribution in [-0.2, 0) is 37.3 Å². The van der Waals surface area contributed by atoms with Crippen molar-refractivity contribution in [3.63, 3.8) is 0 Å². The third kappa shape index (κ3) is 4.25.